The summed E-state index contributed by atoms with van der Waals surface area (Å²) >= 11 is 0. The van der Waals surface area contributed by atoms with E-state index in [1.165, 1.54) is 36.8 Å². The highest BCUT2D eigenvalue weighted by Crippen LogP contribution is 2.21. The molecule has 1 fully saturated rings. The van der Waals surface area contributed by atoms with E-state index in [0.29, 0.717) is 22.4 Å². The Morgan fingerprint density at radius 3 is 2.57 bits per heavy atom. The van der Waals surface area contributed by atoms with Gasteiger partial charge in [0.25, 0.3) is 11.8 Å². The fraction of sp³-hybridized carbons (Fsp3) is 0.150. The zero-order chi connectivity index (χ0) is 19.5. The number of carbonyl (C=O) groups excluding carboxylic acids is 2. The van der Waals surface area contributed by atoms with Crippen LogP contribution in [0.2, 0.25) is 0 Å². The molecule has 0 aliphatic heterocycles. The van der Waals surface area contributed by atoms with Crippen LogP contribution in [0.25, 0.3) is 11.1 Å². The van der Waals surface area contributed by atoms with Crippen molar-refractivity contribution in [1.82, 2.24) is 20.3 Å². The zero-order valence-corrected chi connectivity index (χ0v) is 14.7. The maximum Gasteiger partial charge on any atom is 0.270 e. The second-order valence-electron chi connectivity index (χ2n) is 6.46. The van der Waals surface area contributed by atoms with Crippen molar-refractivity contribution in [2.45, 2.75) is 18.9 Å². The number of hydrogen-bond acceptors (Lipinski definition) is 5. The molecule has 28 heavy (non-hydrogen) atoms. The molecule has 0 saturated heterocycles. The number of anilines is 1. The number of nitrogens with zero attached hydrogens (tertiary/aromatic N) is 3. The Morgan fingerprint density at radius 2 is 1.82 bits per heavy atom. The van der Waals surface area contributed by atoms with Gasteiger partial charge in [0.15, 0.2) is 0 Å². The van der Waals surface area contributed by atoms with Crippen LogP contribution >= 0.6 is 0 Å². The lowest BCUT2D eigenvalue weighted by atomic mass is 10.1. The largest absolute Gasteiger partial charge is 0.348 e. The Labute approximate surface area is 160 Å². The molecule has 3 aromatic heterocycles. The van der Waals surface area contributed by atoms with Crippen LogP contribution in [0.3, 0.4) is 0 Å². The SMILES string of the molecule is O=C(Nc1cncc(-c2ccc(F)nc2)c1)c1ccnc(C(=O)NC2CC2)c1. The summed E-state index contributed by atoms with van der Waals surface area (Å²) in [6, 6.07) is 7.74. The molecule has 0 bridgehead atoms. The summed E-state index contributed by atoms with van der Waals surface area (Å²) in [5, 5.41) is 5.58. The smallest absolute Gasteiger partial charge is 0.270 e. The molecule has 0 aromatic carbocycles. The second-order valence-corrected chi connectivity index (χ2v) is 6.46. The molecule has 7 nitrogen and oxygen atoms in total. The van der Waals surface area contributed by atoms with Crippen molar-refractivity contribution in [2.75, 3.05) is 5.32 Å². The third kappa shape index (κ3) is 4.17. The summed E-state index contributed by atoms with van der Waals surface area (Å²) in [5.74, 6) is -1.25. The predicted octanol–water partition coefficient (Wildman–Crippen LogP) is 2.82. The average Bonchev–Trinajstić information content (AvgIpc) is 3.53. The van der Waals surface area contributed by atoms with Gasteiger partial charge in [-0.3, -0.25) is 19.6 Å². The number of aromatic nitrogens is 3. The first kappa shape index (κ1) is 17.7. The minimum atomic E-state index is -0.569. The van der Waals surface area contributed by atoms with E-state index >= 15 is 0 Å². The molecule has 0 radical (unpaired) electrons. The van der Waals surface area contributed by atoms with Crippen molar-refractivity contribution in [1.29, 1.82) is 0 Å². The quantitative estimate of drug-likeness (QED) is 0.667. The van der Waals surface area contributed by atoms with Crippen molar-refractivity contribution >= 4 is 17.5 Å². The van der Waals surface area contributed by atoms with Gasteiger partial charge in [-0.15, -0.1) is 0 Å². The molecular weight excluding hydrogens is 361 g/mol. The monoisotopic (exact) mass is 377 g/mol. The van der Waals surface area contributed by atoms with E-state index in [-0.39, 0.29) is 23.6 Å². The van der Waals surface area contributed by atoms with Gasteiger partial charge in [0.2, 0.25) is 5.95 Å². The van der Waals surface area contributed by atoms with Gasteiger partial charge in [-0.1, -0.05) is 0 Å². The van der Waals surface area contributed by atoms with Crippen molar-refractivity contribution in [3.63, 3.8) is 0 Å². The maximum atomic E-state index is 13.0. The molecule has 1 aliphatic rings. The van der Waals surface area contributed by atoms with E-state index in [1.54, 1.807) is 18.3 Å². The lowest BCUT2D eigenvalue weighted by molar-refractivity contribution is 0.0946. The highest BCUT2D eigenvalue weighted by Gasteiger charge is 2.24. The van der Waals surface area contributed by atoms with Gasteiger partial charge < -0.3 is 10.6 Å². The van der Waals surface area contributed by atoms with Gasteiger partial charge in [-0.25, -0.2) is 4.98 Å². The van der Waals surface area contributed by atoms with Crippen LogP contribution < -0.4 is 10.6 Å². The molecule has 0 spiro atoms. The lowest BCUT2D eigenvalue weighted by Gasteiger charge is -2.08. The Morgan fingerprint density at radius 1 is 0.964 bits per heavy atom. The Balaban J connectivity index is 1.50. The number of halogens is 1. The molecule has 3 aromatic rings. The first-order valence-electron chi connectivity index (χ1n) is 8.74. The summed E-state index contributed by atoms with van der Waals surface area (Å²) in [6.07, 6.45) is 7.86. The number of carbonyl (C=O) groups is 2. The van der Waals surface area contributed by atoms with Gasteiger partial charge in [0.1, 0.15) is 5.69 Å². The van der Waals surface area contributed by atoms with E-state index in [9.17, 15) is 14.0 Å². The minimum Gasteiger partial charge on any atom is -0.348 e. The van der Waals surface area contributed by atoms with Crippen LogP contribution in [0, 0.1) is 5.95 Å². The van der Waals surface area contributed by atoms with Gasteiger partial charge in [0.05, 0.1) is 11.9 Å². The summed E-state index contributed by atoms with van der Waals surface area (Å²) in [4.78, 5) is 36.4. The number of nitrogens with one attached hydrogen (secondary N) is 2. The number of amides is 2. The normalized spacial score (nSPS) is 13.0. The van der Waals surface area contributed by atoms with Crippen molar-refractivity contribution in [3.8, 4) is 11.1 Å². The number of pyridine rings is 3. The molecule has 140 valence electrons. The molecule has 0 unspecified atom stereocenters. The van der Waals surface area contributed by atoms with Crippen LogP contribution in [0.15, 0.2) is 55.1 Å². The van der Waals surface area contributed by atoms with E-state index < -0.39 is 5.95 Å². The molecular formula is C20H16FN5O2. The molecule has 0 atom stereocenters. The minimum absolute atomic E-state index is 0.198. The topological polar surface area (TPSA) is 96.9 Å². The van der Waals surface area contributed by atoms with Crippen LogP contribution in [0.4, 0.5) is 10.1 Å². The Bertz CT molecular complexity index is 1030. The summed E-state index contributed by atoms with van der Waals surface area (Å²) in [6.45, 7) is 0. The van der Waals surface area contributed by atoms with Crippen LogP contribution in [-0.2, 0) is 0 Å². The first-order chi connectivity index (χ1) is 13.6. The van der Waals surface area contributed by atoms with Crippen LogP contribution in [0.5, 0.6) is 0 Å². The standard InChI is InChI=1S/C20H16FN5O2/c21-18-4-1-13(10-24-18)14-7-16(11-22-9-14)26-19(27)12-5-6-23-17(8-12)20(28)25-15-2-3-15/h1,4-11,15H,2-3H2,(H,25,28)(H,26,27). The molecule has 2 N–H and O–H groups in total. The Hall–Kier alpha value is -3.68. The average molecular weight is 377 g/mol. The molecule has 2 amide bonds. The fourth-order valence-electron chi connectivity index (χ4n) is 2.60. The number of rotatable bonds is 5. The summed E-state index contributed by atoms with van der Waals surface area (Å²) < 4.78 is 13.0. The molecule has 3 heterocycles. The molecule has 1 saturated carbocycles. The van der Waals surface area contributed by atoms with E-state index in [4.69, 9.17) is 0 Å². The highest BCUT2D eigenvalue weighted by molar-refractivity contribution is 6.05. The van der Waals surface area contributed by atoms with Gasteiger partial charge >= 0.3 is 0 Å². The van der Waals surface area contributed by atoms with E-state index in [2.05, 4.69) is 25.6 Å². The molecule has 8 heteroatoms. The Kier molecular flexibility index (Phi) is 4.76. The predicted molar refractivity (Wildman–Crippen MR) is 100 cm³/mol. The van der Waals surface area contributed by atoms with Gasteiger partial charge in [0, 0.05) is 41.3 Å². The lowest BCUT2D eigenvalue weighted by Crippen LogP contribution is -2.26. The van der Waals surface area contributed by atoms with Gasteiger partial charge in [-0.2, -0.15) is 4.39 Å². The maximum absolute atomic E-state index is 13.0. The van der Waals surface area contributed by atoms with Crippen molar-refractivity contribution in [3.05, 3.63) is 72.3 Å². The van der Waals surface area contributed by atoms with E-state index in [0.717, 1.165) is 12.8 Å². The van der Waals surface area contributed by atoms with Gasteiger partial charge in [-0.05, 0) is 43.2 Å². The fourth-order valence-corrected chi connectivity index (χ4v) is 2.60. The third-order valence-electron chi connectivity index (χ3n) is 4.22. The van der Waals surface area contributed by atoms with E-state index in [1.807, 2.05) is 0 Å². The first-order valence-corrected chi connectivity index (χ1v) is 8.74. The third-order valence-corrected chi connectivity index (χ3v) is 4.22. The second kappa shape index (κ2) is 7.51. The molecule has 1 aliphatic carbocycles. The molecule has 4 rings (SSSR count). The van der Waals surface area contributed by atoms with Crippen LogP contribution in [0.1, 0.15) is 33.7 Å². The summed E-state index contributed by atoms with van der Waals surface area (Å²) in [5.41, 5.74) is 2.33. The number of hydrogen-bond donors (Lipinski definition) is 2. The van der Waals surface area contributed by atoms with Crippen molar-refractivity contribution < 1.29 is 14.0 Å². The van der Waals surface area contributed by atoms with Crippen LogP contribution in [-0.4, -0.2) is 32.8 Å². The zero-order valence-electron chi connectivity index (χ0n) is 14.7. The van der Waals surface area contributed by atoms with Crippen molar-refractivity contribution in [2.24, 2.45) is 0 Å². The highest BCUT2D eigenvalue weighted by atomic mass is 19.1. The summed E-state index contributed by atoms with van der Waals surface area (Å²) in [7, 11) is 0.